The van der Waals surface area contributed by atoms with Gasteiger partial charge in [0.1, 0.15) is 34.6 Å². The molecule has 6 rings (SSSR count). The van der Waals surface area contributed by atoms with Gasteiger partial charge in [-0.3, -0.25) is 5.32 Å². The van der Waals surface area contributed by atoms with Gasteiger partial charge in [-0.25, -0.2) is 19.8 Å². The number of carbonyl (C=O) groups excluding carboxylic acids is 1. The minimum atomic E-state index is -0.729. The van der Waals surface area contributed by atoms with Crippen LogP contribution in [0.2, 0.25) is 0 Å². The van der Waals surface area contributed by atoms with Crippen molar-refractivity contribution in [1.82, 2.24) is 19.9 Å². The second-order valence-electron chi connectivity index (χ2n) is 10.4. The van der Waals surface area contributed by atoms with Gasteiger partial charge in [-0.05, 0) is 43.5 Å². The number of aromatic amines is 1. The number of rotatable bonds is 6. The summed E-state index contributed by atoms with van der Waals surface area (Å²) in [7, 11) is 0. The van der Waals surface area contributed by atoms with Crippen molar-refractivity contribution in [3.05, 3.63) is 71.6 Å². The number of likely N-dealkylation sites (tertiary alicyclic amines) is 1. The molecule has 0 atom stereocenters. The average molecular weight is 544 g/mol. The van der Waals surface area contributed by atoms with Crippen molar-refractivity contribution in [2.75, 3.05) is 31.6 Å². The fraction of sp³-hybridized carbons (Fsp3) is 0.379. The summed E-state index contributed by atoms with van der Waals surface area (Å²) in [6.45, 7) is 8.85. The first-order valence-electron chi connectivity index (χ1n) is 13.6. The molecule has 0 aliphatic carbocycles. The topological polar surface area (TPSA) is 140 Å². The summed E-state index contributed by atoms with van der Waals surface area (Å²) in [4.78, 5) is 31.4. The van der Waals surface area contributed by atoms with Crippen LogP contribution in [0.4, 0.5) is 10.6 Å². The van der Waals surface area contributed by atoms with Crippen LogP contribution in [0, 0.1) is 6.92 Å². The summed E-state index contributed by atoms with van der Waals surface area (Å²) in [5.74, 6) is 3.61. The number of carbonyl (C=O) groups is 1. The predicted molar refractivity (Wildman–Crippen MR) is 151 cm³/mol. The Bertz CT molecular complexity index is 1500. The lowest BCUT2D eigenvalue weighted by molar-refractivity contribution is -0.0325. The average Bonchev–Trinajstić information content (AvgIpc) is 3.39. The normalized spacial score (nSPS) is 19.5. The van der Waals surface area contributed by atoms with Gasteiger partial charge in [-0.1, -0.05) is 6.58 Å². The molecule has 0 saturated carbocycles. The van der Waals surface area contributed by atoms with Gasteiger partial charge >= 0.3 is 6.09 Å². The van der Waals surface area contributed by atoms with Crippen LogP contribution < -0.4 is 15.8 Å². The molecule has 3 aliphatic heterocycles. The Hall–Kier alpha value is -4.38. The lowest BCUT2D eigenvalue weighted by Gasteiger charge is -2.44. The zero-order valence-electron chi connectivity index (χ0n) is 22.5. The number of hydrogen-bond acceptors (Lipinski definition) is 8. The molecule has 0 unspecified atom stereocenters. The number of anilines is 1. The highest BCUT2D eigenvalue weighted by molar-refractivity contribution is 5.87. The summed E-state index contributed by atoms with van der Waals surface area (Å²) in [6.07, 6.45) is 7.28. The number of allylic oxidation sites excluding steroid dienone is 1. The largest absolute Gasteiger partial charge is 0.458 e. The van der Waals surface area contributed by atoms with E-state index in [1.165, 1.54) is 6.34 Å². The van der Waals surface area contributed by atoms with Gasteiger partial charge in [0.25, 0.3) is 0 Å². The van der Waals surface area contributed by atoms with E-state index in [9.17, 15) is 4.79 Å². The third-order valence-electron chi connectivity index (χ3n) is 7.84. The number of piperidine rings is 1. The Kier molecular flexibility index (Phi) is 6.89. The van der Waals surface area contributed by atoms with Crippen molar-refractivity contribution >= 4 is 29.3 Å². The van der Waals surface area contributed by atoms with Crippen LogP contribution in [0.3, 0.4) is 0 Å². The molecule has 3 aromatic rings. The lowest BCUT2D eigenvalue weighted by Crippen LogP contribution is -2.48. The van der Waals surface area contributed by atoms with Crippen molar-refractivity contribution in [3.63, 3.8) is 0 Å². The molecule has 2 aromatic heterocycles. The molecule has 208 valence electrons. The number of benzene rings is 1. The molecule has 2 fully saturated rings. The number of ether oxygens (including phenoxy) is 3. The molecule has 0 bridgehead atoms. The highest BCUT2D eigenvalue weighted by Gasteiger charge is 2.45. The van der Waals surface area contributed by atoms with Crippen LogP contribution in [0.1, 0.15) is 48.6 Å². The van der Waals surface area contributed by atoms with Crippen molar-refractivity contribution in [2.45, 2.75) is 44.1 Å². The van der Waals surface area contributed by atoms with Crippen LogP contribution in [0.15, 0.2) is 59.7 Å². The summed E-state index contributed by atoms with van der Waals surface area (Å²) in [5.41, 5.74) is 8.77. The summed E-state index contributed by atoms with van der Waals surface area (Å²) < 4.78 is 17.4. The molecule has 3 aliphatic rings. The number of amides is 1. The first kappa shape index (κ1) is 25.9. The Morgan fingerprint density at radius 1 is 1.30 bits per heavy atom. The van der Waals surface area contributed by atoms with E-state index in [1.54, 1.807) is 12.3 Å². The van der Waals surface area contributed by atoms with E-state index in [4.69, 9.17) is 24.9 Å². The van der Waals surface area contributed by atoms with E-state index in [0.717, 1.165) is 54.0 Å². The minimum Gasteiger partial charge on any atom is -0.458 e. The summed E-state index contributed by atoms with van der Waals surface area (Å²) in [5, 5.41) is 2.69. The van der Waals surface area contributed by atoms with Gasteiger partial charge in [0, 0.05) is 69.0 Å². The Labute approximate surface area is 232 Å². The number of H-pyrrole nitrogens is 1. The minimum absolute atomic E-state index is 0.376. The number of imidazole rings is 1. The first-order chi connectivity index (χ1) is 19.4. The molecule has 11 nitrogen and oxygen atoms in total. The number of aliphatic imine (C=N–C) groups is 1. The third kappa shape index (κ3) is 5.00. The smallest absolute Gasteiger partial charge is 0.413 e. The van der Waals surface area contributed by atoms with Gasteiger partial charge in [0.05, 0.1) is 17.4 Å². The highest BCUT2D eigenvalue weighted by atomic mass is 16.6. The number of nitrogens with zero attached hydrogens (tertiary/aromatic N) is 4. The van der Waals surface area contributed by atoms with E-state index < -0.39 is 11.7 Å². The number of pyridine rings is 1. The second-order valence-corrected chi connectivity index (χ2v) is 10.4. The maximum Gasteiger partial charge on any atom is 0.413 e. The molecule has 1 amide bonds. The zero-order valence-corrected chi connectivity index (χ0v) is 22.5. The number of nitrogens with two attached hydrogens (primary N) is 1. The van der Waals surface area contributed by atoms with E-state index in [2.05, 4.69) is 31.8 Å². The van der Waals surface area contributed by atoms with E-state index in [0.29, 0.717) is 55.0 Å². The monoisotopic (exact) mass is 543 g/mol. The molecule has 11 heteroatoms. The molecular formula is C29H33N7O4. The van der Waals surface area contributed by atoms with Gasteiger partial charge in [-0.15, -0.1) is 0 Å². The zero-order chi connectivity index (χ0) is 27.7. The molecule has 1 aromatic carbocycles. The van der Waals surface area contributed by atoms with E-state index >= 15 is 0 Å². The Morgan fingerprint density at radius 2 is 2.10 bits per heavy atom. The third-order valence-corrected chi connectivity index (χ3v) is 7.84. The number of aryl methyl sites for hydroxylation is 1. The summed E-state index contributed by atoms with van der Waals surface area (Å²) in [6, 6.07) is 7.70. The first-order valence-corrected chi connectivity index (χ1v) is 13.6. The Balaban J connectivity index is 1.17. The van der Waals surface area contributed by atoms with Gasteiger partial charge in [0.15, 0.2) is 0 Å². The van der Waals surface area contributed by atoms with Gasteiger partial charge < -0.3 is 29.8 Å². The fourth-order valence-electron chi connectivity index (χ4n) is 5.80. The molecule has 0 radical (unpaired) electrons. The van der Waals surface area contributed by atoms with Crippen LogP contribution in [0.5, 0.6) is 5.75 Å². The fourth-order valence-corrected chi connectivity index (χ4v) is 5.80. The van der Waals surface area contributed by atoms with Crippen LogP contribution >= 0.6 is 0 Å². The number of nitrogens with one attached hydrogen (secondary N) is 2. The van der Waals surface area contributed by atoms with Crippen LogP contribution in [-0.4, -0.2) is 58.6 Å². The summed E-state index contributed by atoms with van der Waals surface area (Å²) >= 11 is 0. The highest BCUT2D eigenvalue weighted by Crippen LogP contribution is 2.43. The van der Waals surface area contributed by atoms with Crippen molar-refractivity contribution in [2.24, 2.45) is 10.7 Å². The molecular weight excluding hydrogens is 510 g/mol. The van der Waals surface area contributed by atoms with Crippen molar-refractivity contribution in [1.29, 1.82) is 0 Å². The maximum atomic E-state index is 12.2. The standard InChI is InChI=1S/C29H33N7O4/c1-18-14-21(16-23-25(18)34-26(33-23)20-5-12-38-13-6-20)39-19(2)15-24(32-17-30)36-10-7-29(8-11-36)22-4-3-9-31-27(22)35-28(37)40-29/h3-4,9,14-17,20H,2,5-8,10-13H2,1H3,(H2,30,32)(H,33,34)(H,31,35,37)/b24-15+. The van der Waals surface area contributed by atoms with Crippen molar-refractivity contribution in [3.8, 4) is 5.75 Å². The number of fused-ring (bicyclic) bond motifs is 3. The van der Waals surface area contributed by atoms with Gasteiger partial charge in [-0.2, -0.15) is 0 Å². The second kappa shape index (κ2) is 10.6. The van der Waals surface area contributed by atoms with Gasteiger partial charge in [0.2, 0.25) is 0 Å². The van der Waals surface area contributed by atoms with Crippen molar-refractivity contribution < 1.29 is 19.0 Å². The number of aromatic nitrogens is 3. The van der Waals surface area contributed by atoms with E-state index in [1.807, 2.05) is 31.2 Å². The predicted octanol–water partition coefficient (Wildman–Crippen LogP) is 4.43. The lowest BCUT2D eigenvalue weighted by atomic mass is 9.83. The SMILES string of the molecule is C=C(/C=C(\N=C/N)N1CCC2(CC1)OC(=O)Nc1ncccc12)Oc1cc(C)c2[nH]c(C3CCOCC3)nc2c1. The van der Waals surface area contributed by atoms with Crippen LogP contribution in [0.25, 0.3) is 11.0 Å². The van der Waals surface area contributed by atoms with E-state index in [-0.39, 0.29) is 0 Å². The molecule has 2 saturated heterocycles. The maximum absolute atomic E-state index is 12.2. The molecule has 4 N–H and O–H groups in total. The molecule has 40 heavy (non-hydrogen) atoms. The Morgan fingerprint density at radius 3 is 2.88 bits per heavy atom. The quantitative estimate of drug-likeness (QED) is 0.179. The molecule has 5 heterocycles. The van der Waals surface area contributed by atoms with Crippen LogP contribution in [-0.2, 0) is 15.1 Å². The number of hydrogen-bond donors (Lipinski definition) is 3. The molecule has 1 spiro atoms.